The summed E-state index contributed by atoms with van der Waals surface area (Å²) in [5.41, 5.74) is 1.09. The van der Waals surface area contributed by atoms with Gasteiger partial charge in [0.15, 0.2) is 0 Å². The second-order valence-corrected chi connectivity index (χ2v) is 2.72. The van der Waals surface area contributed by atoms with E-state index in [1.807, 2.05) is 44.1 Å². The molecule has 2 heteroatoms. The first-order valence-electron chi connectivity index (χ1n) is 4.06. The van der Waals surface area contributed by atoms with Crippen LogP contribution in [-0.4, -0.2) is 20.7 Å². The summed E-state index contributed by atoms with van der Waals surface area (Å²) in [6.45, 7) is 2.67. The summed E-state index contributed by atoms with van der Waals surface area (Å²) in [6.07, 6.45) is 0. The number of ether oxygens (including phenoxy) is 1. The number of hydrogen-bond donors (Lipinski definition) is 0. The molecule has 0 aliphatic rings. The summed E-state index contributed by atoms with van der Waals surface area (Å²) in [5, 5.41) is 0. The third-order valence-electron chi connectivity index (χ3n) is 1.59. The fourth-order valence-electron chi connectivity index (χ4n) is 1.05. The molecule has 0 unspecified atom stereocenters. The molecule has 0 atom stereocenters. The highest BCUT2D eigenvalue weighted by atomic mass is 16.5. The first kappa shape index (κ1) is 8.91. The van der Waals surface area contributed by atoms with Crippen LogP contribution in [-0.2, 0) is 0 Å². The van der Waals surface area contributed by atoms with Crippen LogP contribution in [0.1, 0.15) is 6.92 Å². The Morgan fingerprint density at radius 3 is 2.83 bits per heavy atom. The Labute approximate surface area is 73.8 Å². The zero-order valence-electron chi connectivity index (χ0n) is 7.79. The van der Waals surface area contributed by atoms with Crippen molar-refractivity contribution >= 4 is 5.69 Å². The summed E-state index contributed by atoms with van der Waals surface area (Å²) in [7, 11) is 4.00. The minimum atomic E-state index is 0.693. The minimum Gasteiger partial charge on any atom is -0.492 e. The molecule has 0 fully saturated rings. The molecule has 1 radical (unpaired) electrons. The zero-order chi connectivity index (χ0) is 8.97. The zero-order valence-corrected chi connectivity index (χ0v) is 7.79. The average molecular weight is 164 g/mol. The number of hydrogen-bond acceptors (Lipinski definition) is 2. The Bertz CT molecular complexity index is 245. The second kappa shape index (κ2) is 4.00. The van der Waals surface area contributed by atoms with E-state index < -0.39 is 0 Å². The number of nitrogens with zero attached hydrogens (tertiary/aromatic N) is 1. The molecule has 1 aromatic rings. The van der Waals surface area contributed by atoms with Crippen LogP contribution in [0.5, 0.6) is 5.75 Å². The fourth-order valence-corrected chi connectivity index (χ4v) is 1.05. The van der Waals surface area contributed by atoms with Crippen LogP contribution in [0.3, 0.4) is 0 Å². The molecular formula is C10H14NO. The monoisotopic (exact) mass is 164 g/mol. The summed E-state index contributed by atoms with van der Waals surface area (Å²) >= 11 is 0. The van der Waals surface area contributed by atoms with Crippen molar-refractivity contribution in [2.24, 2.45) is 0 Å². The summed E-state index contributed by atoms with van der Waals surface area (Å²) < 4.78 is 5.43. The van der Waals surface area contributed by atoms with Crippen molar-refractivity contribution in [3.05, 3.63) is 24.3 Å². The van der Waals surface area contributed by atoms with Crippen LogP contribution in [0.4, 0.5) is 5.69 Å². The van der Waals surface area contributed by atoms with E-state index in [2.05, 4.69) is 6.07 Å². The predicted octanol–water partition coefficient (Wildman–Crippen LogP) is 1.95. The SMILES string of the molecule is CCOc1c[c]ccc1N(C)C. The van der Waals surface area contributed by atoms with Gasteiger partial charge in [0, 0.05) is 14.1 Å². The van der Waals surface area contributed by atoms with E-state index in [4.69, 9.17) is 4.74 Å². The maximum absolute atomic E-state index is 5.43. The van der Waals surface area contributed by atoms with Crippen molar-refractivity contribution in [1.82, 2.24) is 0 Å². The Morgan fingerprint density at radius 1 is 1.50 bits per heavy atom. The molecule has 2 nitrogen and oxygen atoms in total. The molecule has 0 spiro atoms. The van der Waals surface area contributed by atoms with Crippen molar-refractivity contribution in [2.75, 3.05) is 25.6 Å². The van der Waals surface area contributed by atoms with Gasteiger partial charge in [0.1, 0.15) is 5.75 Å². The third kappa shape index (κ3) is 1.91. The summed E-state index contributed by atoms with van der Waals surface area (Å²) in [5.74, 6) is 0.894. The summed E-state index contributed by atoms with van der Waals surface area (Å²) in [6, 6.07) is 8.73. The lowest BCUT2D eigenvalue weighted by Crippen LogP contribution is -2.10. The van der Waals surface area contributed by atoms with Crippen molar-refractivity contribution in [3.8, 4) is 5.75 Å². The molecule has 0 saturated heterocycles. The molecule has 1 aromatic carbocycles. The van der Waals surface area contributed by atoms with Crippen LogP contribution in [0.25, 0.3) is 0 Å². The lowest BCUT2D eigenvalue weighted by Gasteiger charge is -2.16. The topological polar surface area (TPSA) is 12.5 Å². The maximum atomic E-state index is 5.43. The molecule has 0 aromatic heterocycles. The molecule has 0 saturated carbocycles. The van der Waals surface area contributed by atoms with Crippen LogP contribution >= 0.6 is 0 Å². The van der Waals surface area contributed by atoms with Crippen LogP contribution < -0.4 is 9.64 Å². The molecule has 12 heavy (non-hydrogen) atoms. The Balaban J connectivity index is 2.92. The number of anilines is 1. The molecule has 0 aliphatic heterocycles. The van der Waals surface area contributed by atoms with Gasteiger partial charge in [-0.3, -0.25) is 0 Å². The highest BCUT2D eigenvalue weighted by Gasteiger charge is 2.02. The van der Waals surface area contributed by atoms with Gasteiger partial charge < -0.3 is 9.64 Å². The standard InChI is InChI=1S/C10H14NO/c1-4-12-10-8-6-5-7-9(10)11(2)3/h5,7-8H,4H2,1-3H3. The summed E-state index contributed by atoms with van der Waals surface area (Å²) in [4.78, 5) is 2.03. The van der Waals surface area contributed by atoms with Gasteiger partial charge in [0.25, 0.3) is 0 Å². The van der Waals surface area contributed by atoms with E-state index in [9.17, 15) is 0 Å². The molecule has 0 heterocycles. The predicted molar refractivity (Wildman–Crippen MR) is 50.8 cm³/mol. The lowest BCUT2D eigenvalue weighted by atomic mass is 10.3. The van der Waals surface area contributed by atoms with Crippen molar-refractivity contribution in [3.63, 3.8) is 0 Å². The van der Waals surface area contributed by atoms with Gasteiger partial charge in [0.05, 0.1) is 12.3 Å². The van der Waals surface area contributed by atoms with E-state index in [1.54, 1.807) is 0 Å². The fraction of sp³-hybridized carbons (Fsp3) is 0.400. The van der Waals surface area contributed by atoms with E-state index in [-0.39, 0.29) is 0 Å². The first-order chi connectivity index (χ1) is 5.75. The van der Waals surface area contributed by atoms with Gasteiger partial charge in [-0.05, 0) is 25.1 Å². The number of rotatable bonds is 3. The third-order valence-corrected chi connectivity index (χ3v) is 1.59. The van der Waals surface area contributed by atoms with Gasteiger partial charge in [-0.1, -0.05) is 6.07 Å². The highest BCUT2D eigenvalue weighted by molar-refractivity contribution is 5.56. The second-order valence-electron chi connectivity index (χ2n) is 2.72. The number of benzene rings is 1. The Kier molecular flexibility index (Phi) is 2.97. The molecule has 0 bridgehead atoms. The van der Waals surface area contributed by atoms with Crippen LogP contribution in [0.15, 0.2) is 18.2 Å². The van der Waals surface area contributed by atoms with Gasteiger partial charge in [-0.2, -0.15) is 0 Å². The minimum absolute atomic E-state index is 0.693. The van der Waals surface area contributed by atoms with E-state index in [1.165, 1.54) is 0 Å². The van der Waals surface area contributed by atoms with E-state index in [0.717, 1.165) is 11.4 Å². The normalized spacial score (nSPS) is 9.58. The molecule has 1 rings (SSSR count). The Hall–Kier alpha value is -1.18. The van der Waals surface area contributed by atoms with Crippen LogP contribution in [0.2, 0.25) is 0 Å². The highest BCUT2D eigenvalue weighted by Crippen LogP contribution is 2.25. The maximum Gasteiger partial charge on any atom is 0.143 e. The van der Waals surface area contributed by atoms with Gasteiger partial charge in [-0.25, -0.2) is 0 Å². The average Bonchev–Trinajstić information content (AvgIpc) is 2.05. The van der Waals surface area contributed by atoms with E-state index >= 15 is 0 Å². The largest absolute Gasteiger partial charge is 0.492 e. The molecule has 0 N–H and O–H groups in total. The van der Waals surface area contributed by atoms with Crippen molar-refractivity contribution < 1.29 is 4.74 Å². The quantitative estimate of drug-likeness (QED) is 0.677. The van der Waals surface area contributed by atoms with E-state index in [0.29, 0.717) is 6.61 Å². The lowest BCUT2D eigenvalue weighted by molar-refractivity contribution is 0.341. The molecular weight excluding hydrogens is 150 g/mol. The van der Waals surface area contributed by atoms with Gasteiger partial charge in [0.2, 0.25) is 0 Å². The van der Waals surface area contributed by atoms with Gasteiger partial charge in [-0.15, -0.1) is 0 Å². The molecule has 0 aliphatic carbocycles. The smallest absolute Gasteiger partial charge is 0.143 e. The molecule has 65 valence electrons. The Morgan fingerprint density at radius 2 is 2.25 bits per heavy atom. The van der Waals surface area contributed by atoms with Gasteiger partial charge >= 0.3 is 0 Å². The van der Waals surface area contributed by atoms with Crippen molar-refractivity contribution in [2.45, 2.75) is 6.92 Å². The van der Waals surface area contributed by atoms with Crippen LogP contribution in [0, 0.1) is 6.07 Å². The molecule has 0 amide bonds. The first-order valence-corrected chi connectivity index (χ1v) is 4.06. The van der Waals surface area contributed by atoms with Crippen molar-refractivity contribution in [1.29, 1.82) is 0 Å².